The molecule has 2 amide bonds. The Hall–Kier alpha value is -3.88. The molecule has 4 rings (SSSR count). The van der Waals surface area contributed by atoms with Gasteiger partial charge in [0.05, 0.1) is 26.4 Å². The average molecular weight is 423 g/mol. The van der Waals surface area contributed by atoms with Crippen LogP contribution in [0.5, 0.6) is 11.5 Å². The quantitative estimate of drug-likeness (QED) is 0.737. The van der Waals surface area contributed by atoms with Crippen LogP contribution in [0.15, 0.2) is 47.6 Å². The first kappa shape index (κ1) is 20.4. The molecule has 2 aliphatic rings. The van der Waals surface area contributed by atoms with E-state index in [-0.39, 0.29) is 25.2 Å². The summed E-state index contributed by atoms with van der Waals surface area (Å²) in [5, 5.41) is 17.5. The van der Waals surface area contributed by atoms with E-state index >= 15 is 0 Å². The van der Waals surface area contributed by atoms with Crippen LogP contribution in [-0.2, 0) is 19.9 Å². The maximum atomic E-state index is 13.2. The number of benzene rings is 2. The zero-order chi connectivity index (χ0) is 22.2. The van der Waals surface area contributed by atoms with Gasteiger partial charge in [0.1, 0.15) is 11.5 Å². The largest absolute Gasteiger partial charge is 0.497 e. The van der Waals surface area contributed by atoms with Crippen LogP contribution in [0.1, 0.15) is 30.4 Å². The Morgan fingerprint density at radius 2 is 1.94 bits per heavy atom. The Labute approximate surface area is 178 Å². The van der Waals surface area contributed by atoms with Gasteiger partial charge in [-0.3, -0.25) is 14.4 Å². The maximum Gasteiger partial charge on any atom is 0.303 e. The highest BCUT2D eigenvalue weighted by molar-refractivity contribution is 6.15. The number of hydrazone groups is 1. The van der Waals surface area contributed by atoms with Crippen molar-refractivity contribution in [3.05, 3.63) is 53.6 Å². The highest BCUT2D eigenvalue weighted by Gasteiger charge is 2.57. The number of fused-ring (bicyclic) bond motifs is 2. The number of rotatable bonds is 6. The molecule has 0 saturated carbocycles. The number of carboxylic acids is 1. The average Bonchev–Trinajstić information content (AvgIpc) is 3.31. The van der Waals surface area contributed by atoms with Crippen LogP contribution in [0.2, 0.25) is 0 Å². The monoisotopic (exact) mass is 423 g/mol. The molecule has 31 heavy (non-hydrogen) atoms. The number of para-hydroxylation sites is 1. The second kappa shape index (κ2) is 7.75. The lowest BCUT2D eigenvalue weighted by Crippen LogP contribution is -2.48. The molecular weight excluding hydrogens is 402 g/mol. The second-order valence-electron chi connectivity index (χ2n) is 7.25. The maximum absolute atomic E-state index is 13.2. The molecule has 0 aliphatic carbocycles. The van der Waals surface area contributed by atoms with E-state index in [1.54, 1.807) is 49.6 Å². The van der Waals surface area contributed by atoms with Crippen LogP contribution in [0.4, 0.5) is 5.69 Å². The molecule has 2 heterocycles. The lowest BCUT2D eigenvalue weighted by atomic mass is 9.84. The molecule has 0 fully saturated rings. The van der Waals surface area contributed by atoms with Crippen molar-refractivity contribution in [1.29, 1.82) is 0 Å². The number of nitrogens with zero attached hydrogens (tertiary/aromatic N) is 2. The van der Waals surface area contributed by atoms with Crippen molar-refractivity contribution in [2.75, 3.05) is 19.5 Å². The van der Waals surface area contributed by atoms with Crippen molar-refractivity contribution >= 4 is 29.2 Å². The smallest absolute Gasteiger partial charge is 0.303 e. The molecule has 0 aromatic heterocycles. The fraction of sp³-hybridized carbons (Fsp3) is 0.273. The molecule has 2 aromatic carbocycles. The highest BCUT2D eigenvalue weighted by Crippen LogP contribution is 2.48. The summed E-state index contributed by atoms with van der Waals surface area (Å²) >= 11 is 0. The van der Waals surface area contributed by atoms with E-state index < -0.39 is 17.4 Å². The van der Waals surface area contributed by atoms with E-state index in [2.05, 4.69) is 10.4 Å². The lowest BCUT2D eigenvalue weighted by Gasteiger charge is -2.30. The van der Waals surface area contributed by atoms with E-state index in [9.17, 15) is 14.4 Å². The van der Waals surface area contributed by atoms with Gasteiger partial charge in [-0.25, -0.2) is 5.01 Å². The number of anilines is 1. The first-order valence-corrected chi connectivity index (χ1v) is 9.66. The summed E-state index contributed by atoms with van der Waals surface area (Å²) < 4.78 is 10.7. The third-order valence-corrected chi connectivity index (χ3v) is 5.51. The Morgan fingerprint density at radius 3 is 2.65 bits per heavy atom. The topological polar surface area (TPSA) is 118 Å². The van der Waals surface area contributed by atoms with Crippen molar-refractivity contribution in [2.24, 2.45) is 5.10 Å². The molecule has 0 saturated heterocycles. The molecule has 2 aromatic rings. The zero-order valence-electron chi connectivity index (χ0n) is 17.0. The molecule has 9 heteroatoms. The van der Waals surface area contributed by atoms with Gasteiger partial charge in [-0.1, -0.05) is 18.2 Å². The van der Waals surface area contributed by atoms with Gasteiger partial charge in [-0.15, -0.1) is 0 Å². The van der Waals surface area contributed by atoms with E-state index in [0.29, 0.717) is 34.0 Å². The van der Waals surface area contributed by atoms with E-state index in [1.165, 1.54) is 7.11 Å². The van der Waals surface area contributed by atoms with Crippen molar-refractivity contribution < 1.29 is 29.0 Å². The molecule has 1 unspecified atom stereocenters. The third kappa shape index (κ3) is 3.27. The Kier molecular flexibility index (Phi) is 5.10. The SMILES string of the molecule is COc1ccc(C2=NN(C(=O)CCC(=O)O)C3(C2)C(=O)Nc2ccccc23)c(OC)c1. The summed E-state index contributed by atoms with van der Waals surface area (Å²) in [7, 11) is 3.05. The van der Waals surface area contributed by atoms with Gasteiger partial charge in [0, 0.05) is 35.7 Å². The number of methoxy groups -OCH3 is 2. The highest BCUT2D eigenvalue weighted by atomic mass is 16.5. The predicted octanol–water partition coefficient (Wildman–Crippen LogP) is 2.35. The van der Waals surface area contributed by atoms with Crippen molar-refractivity contribution in [2.45, 2.75) is 24.8 Å². The first-order chi connectivity index (χ1) is 14.9. The fourth-order valence-electron chi connectivity index (χ4n) is 4.02. The third-order valence-electron chi connectivity index (χ3n) is 5.51. The summed E-state index contributed by atoms with van der Waals surface area (Å²) in [5.74, 6) is -0.953. The number of hydrogen-bond acceptors (Lipinski definition) is 6. The van der Waals surface area contributed by atoms with Gasteiger partial charge >= 0.3 is 5.97 Å². The number of carbonyl (C=O) groups is 3. The van der Waals surface area contributed by atoms with Crippen LogP contribution in [-0.4, -0.2) is 47.8 Å². The number of aliphatic carboxylic acids is 1. The molecule has 2 aliphatic heterocycles. The standard InChI is InChI=1S/C22H21N3O6/c1-30-13-7-8-14(18(11-13)31-2)17-12-22(25(24-17)19(26)9-10-20(27)28)15-5-3-4-6-16(15)23-21(22)29/h3-8,11H,9-10,12H2,1-2H3,(H,23,29)(H,27,28). The second-order valence-corrected chi connectivity index (χ2v) is 7.25. The minimum atomic E-state index is -1.38. The number of ether oxygens (including phenoxy) is 2. The van der Waals surface area contributed by atoms with Crippen molar-refractivity contribution in [3.63, 3.8) is 0 Å². The predicted molar refractivity (Wildman–Crippen MR) is 111 cm³/mol. The molecule has 1 spiro atoms. The summed E-state index contributed by atoms with van der Waals surface area (Å²) in [6.45, 7) is 0. The summed E-state index contributed by atoms with van der Waals surface area (Å²) in [6.07, 6.45) is -0.508. The number of carbonyl (C=O) groups excluding carboxylic acids is 2. The molecule has 1 atom stereocenters. The molecule has 160 valence electrons. The van der Waals surface area contributed by atoms with E-state index in [1.807, 2.05) is 0 Å². The number of amides is 2. The van der Waals surface area contributed by atoms with Gasteiger partial charge in [-0.05, 0) is 18.2 Å². The van der Waals surface area contributed by atoms with Crippen LogP contribution in [0, 0.1) is 0 Å². The van der Waals surface area contributed by atoms with Crippen molar-refractivity contribution in [3.8, 4) is 11.5 Å². The van der Waals surface area contributed by atoms with E-state index in [4.69, 9.17) is 14.6 Å². The Bertz CT molecular complexity index is 1110. The summed E-state index contributed by atoms with van der Waals surface area (Å²) in [6, 6.07) is 12.3. The summed E-state index contributed by atoms with van der Waals surface area (Å²) in [5.41, 5.74) is 0.937. The van der Waals surface area contributed by atoms with E-state index in [0.717, 1.165) is 5.01 Å². The zero-order valence-corrected chi connectivity index (χ0v) is 17.0. The minimum absolute atomic E-state index is 0.122. The van der Waals surface area contributed by atoms with Gasteiger partial charge in [0.15, 0.2) is 5.54 Å². The number of nitrogens with one attached hydrogen (secondary N) is 1. The van der Waals surface area contributed by atoms with Crippen LogP contribution in [0.3, 0.4) is 0 Å². The molecule has 9 nitrogen and oxygen atoms in total. The number of carboxylic acid groups (broad SMARTS) is 1. The number of hydrogen-bond donors (Lipinski definition) is 2. The first-order valence-electron chi connectivity index (χ1n) is 9.66. The molecular formula is C22H21N3O6. The fourth-order valence-corrected chi connectivity index (χ4v) is 4.02. The van der Waals surface area contributed by atoms with Crippen LogP contribution < -0.4 is 14.8 Å². The lowest BCUT2D eigenvalue weighted by molar-refractivity contribution is -0.146. The molecule has 0 radical (unpaired) electrons. The van der Waals surface area contributed by atoms with Gasteiger partial charge in [0.25, 0.3) is 5.91 Å². The molecule has 2 N–H and O–H groups in total. The minimum Gasteiger partial charge on any atom is -0.497 e. The Balaban J connectivity index is 1.82. The molecule has 0 bridgehead atoms. The van der Waals surface area contributed by atoms with Gasteiger partial charge < -0.3 is 19.9 Å². The van der Waals surface area contributed by atoms with Crippen molar-refractivity contribution in [1.82, 2.24) is 5.01 Å². The van der Waals surface area contributed by atoms with Crippen LogP contribution >= 0.6 is 0 Å². The van der Waals surface area contributed by atoms with Gasteiger partial charge in [0.2, 0.25) is 5.91 Å². The van der Waals surface area contributed by atoms with Gasteiger partial charge in [-0.2, -0.15) is 5.10 Å². The van der Waals surface area contributed by atoms with Crippen LogP contribution in [0.25, 0.3) is 0 Å². The summed E-state index contributed by atoms with van der Waals surface area (Å²) in [4.78, 5) is 37.2. The normalized spacial score (nSPS) is 19.1. The Morgan fingerprint density at radius 1 is 1.16 bits per heavy atom.